The standard InChI is InChI=1S/C52H85NO6/c1-6-9-12-15-18-19-20-21-22-23-24-25-26-29-32-37-51(54)58-40-33-38-56-49-42-48(46-53(4)5)43-50(45-49)57-39-34-41-59-52(55)44-47(35-30-27-16-13-10-7-2)36-31-28-17-14-11-8-3/h18-19,21-24,27,30,42-45H,6-17,20,25-26,28-29,31-41,46H2,1-5H3/b19-18-,22-21-,24-23+,30-27+,47-44+. The molecule has 0 aromatic heterocycles. The van der Waals surface area contributed by atoms with Crippen LogP contribution < -0.4 is 9.47 Å². The Kier molecular flexibility index (Phi) is 36.1. The molecule has 0 bridgehead atoms. The smallest absolute Gasteiger partial charge is 0.330 e. The summed E-state index contributed by atoms with van der Waals surface area (Å²) in [5.41, 5.74) is 2.23. The third-order valence-electron chi connectivity index (χ3n) is 9.80. The predicted octanol–water partition coefficient (Wildman–Crippen LogP) is 14.2. The van der Waals surface area contributed by atoms with Gasteiger partial charge in [-0.05, 0) is 102 Å². The number of allylic oxidation sites excluding steroid dienone is 9. The minimum absolute atomic E-state index is 0.143. The van der Waals surface area contributed by atoms with Gasteiger partial charge < -0.3 is 23.8 Å². The van der Waals surface area contributed by atoms with Crippen molar-refractivity contribution in [3.63, 3.8) is 0 Å². The van der Waals surface area contributed by atoms with E-state index in [1.54, 1.807) is 6.08 Å². The first kappa shape index (κ1) is 53.4. The maximum atomic E-state index is 12.7. The molecule has 0 atom stereocenters. The van der Waals surface area contributed by atoms with Crippen molar-refractivity contribution in [2.75, 3.05) is 40.5 Å². The Morgan fingerprint density at radius 1 is 0.542 bits per heavy atom. The molecular weight excluding hydrogens is 735 g/mol. The van der Waals surface area contributed by atoms with Crippen molar-refractivity contribution in [1.29, 1.82) is 0 Å². The largest absolute Gasteiger partial charge is 0.493 e. The highest BCUT2D eigenvalue weighted by Crippen LogP contribution is 2.24. The molecule has 0 aliphatic carbocycles. The number of benzene rings is 1. The van der Waals surface area contributed by atoms with Crippen molar-refractivity contribution in [2.45, 2.75) is 181 Å². The van der Waals surface area contributed by atoms with Gasteiger partial charge in [0.05, 0.1) is 26.4 Å². The highest BCUT2D eigenvalue weighted by Gasteiger charge is 2.08. The third-order valence-corrected chi connectivity index (χ3v) is 9.80. The van der Waals surface area contributed by atoms with Gasteiger partial charge in [-0.1, -0.05) is 139 Å². The van der Waals surface area contributed by atoms with Gasteiger partial charge in [0.25, 0.3) is 0 Å². The molecule has 0 saturated carbocycles. The van der Waals surface area contributed by atoms with Gasteiger partial charge in [0.15, 0.2) is 0 Å². The van der Waals surface area contributed by atoms with Crippen LogP contribution in [0.15, 0.2) is 78.5 Å². The summed E-state index contributed by atoms with van der Waals surface area (Å²) < 4.78 is 23.2. The van der Waals surface area contributed by atoms with Gasteiger partial charge in [-0.2, -0.15) is 0 Å². The van der Waals surface area contributed by atoms with E-state index in [1.165, 1.54) is 77.0 Å². The molecule has 0 aliphatic heterocycles. The van der Waals surface area contributed by atoms with Gasteiger partial charge >= 0.3 is 11.9 Å². The number of hydrogen-bond donors (Lipinski definition) is 0. The number of rotatable bonds is 39. The normalized spacial score (nSPS) is 12.2. The maximum absolute atomic E-state index is 12.7. The van der Waals surface area contributed by atoms with Gasteiger partial charge in [0.1, 0.15) is 11.5 Å². The van der Waals surface area contributed by atoms with Crippen LogP contribution in [0.1, 0.15) is 180 Å². The van der Waals surface area contributed by atoms with Gasteiger partial charge in [0, 0.05) is 37.9 Å². The molecule has 7 nitrogen and oxygen atoms in total. The van der Waals surface area contributed by atoms with E-state index in [0.29, 0.717) is 45.7 Å². The molecule has 0 fully saturated rings. The Labute approximate surface area is 361 Å². The van der Waals surface area contributed by atoms with E-state index in [4.69, 9.17) is 18.9 Å². The van der Waals surface area contributed by atoms with Crippen LogP contribution in [0.25, 0.3) is 0 Å². The molecule has 0 heterocycles. The second kappa shape index (κ2) is 39.9. The first-order valence-corrected chi connectivity index (χ1v) is 23.6. The third kappa shape index (κ3) is 34.9. The monoisotopic (exact) mass is 820 g/mol. The summed E-state index contributed by atoms with van der Waals surface area (Å²) in [5, 5.41) is 0. The number of carbonyl (C=O) groups is 2. The van der Waals surface area contributed by atoms with Crippen LogP contribution in [0.3, 0.4) is 0 Å². The van der Waals surface area contributed by atoms with E-state index < -0.39 is 0 Å². The van der Waals surface area contributed by atoms with E-state index in [-0.39, 0.29) is 11.9 Å². The van der Waals surface area contributed by atoms with E-state index >= 15 is 0 Å². The number of esters is 2. The van der Waals surface area contributed by atoms with E-state index in [9.17, 15) is 9.59 Å². The van der Waals surface area contributed by atoms with Gasteiger partial charge in [-0.25, -0.2) is 4.79 Å². The van der Waals surface area contributed by atoms with Crippen molar-refractivity contribution < 1.29 is 28.5 Å². The molecule has 1 rings (SSSR count). The SMILES string of the molecule is CCCCC/C=C\C/C=C\C=C\CCCCCC(=O)OCCCOc1cc(CN(C)C)cc(OCCCOC(=O)/C=C(\C/C=C/CCCCC)CCCCCCCC)c1. The average Bonchev–Trinajstić information content (AvgIpc) is 3.21. The minimum atomic E-state index is -0.265. The second-order valence-electron chi connectivity index (χ2n) is 16.0. The molecule has 0 saturated heterocycles. The minimum Gasteiger partial charge on any atom is -0.493 e. The van der Waals surface area contributed by atoms with Crippen LogP contribution in [-0.2, 0) is 25.6 Å². The summed E-state index contributed by atoms with van der Waals surface area (Å²) >= 11 is 0. The van der Waals surface area contributed by atoms with Crippen molar-refractivity contribution in [1.82, 2.24) is 4.90 Å². The average molecular weight is 820 g/mol. The summed E-state index contributed by atoms with van der Waals surface area (Å²) in [5.74, 6) is 1.03. The Bertz CT molecular complexity index is 1330. The van der Waals surface area contributed by atoms with E-state index in [2.05, 4.69) is 74.3 Å². The molecule has 59 heavy (non-hydrogen) atoms. The summed E-state index contributed by atoms with van der Waals surface area (Å²) in [7, 11) is 4.06. The number of ether oxygens (including phenoxy) is 4. The Morgan fingerprint density at radius 2 is 1.08 bits per heavy atom. The fourth-order valence-corrected chi connectivity index (χ4v) is 6.47. The van der Waals surface area contributed by atoms with Crippen molar-refractivity contribution in [3.8, 4) is 11.5 Å². The van der Waals surface area contributed by atoms with E-state index in [1.807, 2.05) is 32.3 Å². The van der Waals surface area contributed by atoms with E-state index in [0.717, 1.165) is 87.0 Å². The lowest BCUT2D eigenvalue weighted by Gasteiger charge is -2.15. The zero-order valence-electron chi connectivity index (χ0n) is 38.3. The molecule has 334 valence electrons. The second-order valence-corrected chi connectivity index (χ2v) is 16.0. The van der Waals surface area contributed by atoms with Crippen molar-refractivity contribution >= 4 is 11.9 Å². The number of unbranched alkanes of at least 4 members (excludes halogenated alkanes) is 14. The Balaban J connectivity index is 2.39. The van der Waals surface area contributed by atoms with Crippen LogP contribution in [0.2, 0.25) is 0 Å². The lowest BCUT2D eigenvalue weighted by molar-refractivity contribution is -0.144. The molecule has 0 N–H and O–H groups in total. The van der Waals surface area contributed by atoms with Crippen molar-refractivity contribution in [2.24, 2.45) is 0 Å². The van der Waals surface area contributed by atoms with Crippen LogP contribution >= 0.6 is 0 Å². The number of hydrogen-bond acceptors (Lipinski definition) is 7. The fraction of sp³-hybridized carbons (Fsp3) is 0.654. The quantitative estimate of drug-likeness (QED) is 0.0215. The van der Waals surface area contributed by atoms with Gasteiger partial charge in [0.2, 0.25) is 0 Å². The van der Waals surface area contributed by atoms with Crippen LogP contribution in [0.4, 0.5) is 0 Å². The topological polar surface area (TPSA) is 74.3 Å². The van der Waals surface area contributed by atoms with Crippen LogP contribution in [-0.4, -0.2) is 57.4 Å². The van der Waals surface area contributed by atoms with Crippen molar-refractivity contribution in [3.05, 3.63) is 84.0 Å². The fourth-order valence-electron chi connectivity index (χ4n) is 6.47. The van der Waals surface area contributed by atoms with Crippen LogP contribution in [0, 0.1) is 0 Å². The zero-order valence-corrected chi connectivity index (χ0v) is 38.3. The lowest BCUT2D eigenvalue weighted by atomic mass is 10.0. The highest BCUT2D eigenvalue weighted by molar-refractivity contribution is 5.82. The number of carbonyl (C=O) groups excluding carboxylic acids is 2. The molecule has 7 heteroatoms. The van der Waals surface area contributed by atoms with Gasteiger partial charge in [-0.15, -0.1) is 0 Å². The summed E-state index contributed by atoms with van der Waals surface area (Å²) in [6, 6.07) is 5.94. The molecule has 1 aromatic carbocycles. The van der Waals surface area contributed by atoms with Gasteiger partial charge in [-0.3, -0.25) is 4.79 Å². The summed E-state index contributed by atoms with van der Waals surface area (Å²) in [6.07, 6.45) is 45.0. The molecule has 0 amide bonds. The summed E-state index contributed by atoms with van der Waals surface area (Å²) in [4.78, 5) is 27.1. The molecule has 0 aliphatic rings. The first-order valence-electron chi connectivity index (χ1n) is 23.6. The predicted molar refractivity (Wildman–Crippen MR) is 249 cm³/mol. The molecule has 0 unspecified atom stereocenters. The molecule has 0 radical (unpaired) electrons. The summed E-state index contributed by atoms with van der Waals surface area (Å²) in [6.45, 7) is 8.95. The molecular formula is C52H85NO6. The lowest BCUT2D eigenvalue weighted by Crippen LogP contribution is -2.12. The zero-order chi connectivity index (χ0) is 42.9. The van der Waals surface area contributed by atoms with Crippen LogP contribution in [0.5, 0.6) is 11.5 Å². The Hall–Kier alpha value is -3.58. The number of nitrogens with zero attached hydrogens (tertiary/aromatic N) is 1. The molecule has 1 aromatic rings. The highest BCUT2D eigenvalue weighted by atomic mass is 16.5. The first-order chi connectivity index (χ1) is 28.9. The molecule has 0 spiro atoms. The Morgan fingerprint density at radius 3 is 1.76 bits per heavy atom. The maximum Gasteiger partial charge on any atom is 0.330 e.